The summed E-state index contributed by atoms with van der Waals surface area (Å²) in [6.07, 6.45) is 1.30. The number of rotatable bonds is 2. The number of anilines is 1. The van der Waals surface area contributed by atoms with Crippen LogP contribution in [0.3, 0.4) is 0 Å². The Hall–Kier alpha value is -3.57. The highest BCUT2D eigenvalue weighted by Crippen LogP contribution is 2.50. The Morgan fingerprint density at radius 2 is 1.68 bits per heavy atom. The second kappa shape index (κ2) is 7.00. The Kier molecular flexibility index (Phi) is 4.11. The molecule has 0 unspecified atom stereocenters. The minimum Gasteiger partial charge on any atom is -0.480 e. The van der Waals surface area contributed by atoms with E-state index < -0.39 is 0 Å². The van der Waals surface area contributed by atoms with E-state index in [4.69, 9.17) is 16.3 Å². The van der Waals surface area contributed by atoms with Crippen LogP contribution in [0, 0.1) is 6.92 Å². The monoisotopic (exact) mass is 426 g/mol. The first kappa shape index (κ1) is 18.2. The van der Waals surface area contributed by atoms with Gasteiger partial charge in [0.1, 0.15) is 24.2 Å². The molecule has 0 saturated heterocycles. The third kappa shape index (κ3) is 2.93. The number of benzene rings is 3. The lowest BCUT2D eigenvalue weighted by Gasteiger charge is -2.39. The number of para-hydroxylation sites is 1. The van der Waals surface area contributed by atoms with Crippen LogP contribution in [0.2, 0.25) is 5.02 Å². The summed E-state index contributed by atoms with van der Waals surface area (Å²) in [5.74, 6) is 1.56. The SMILES string of the molecule is Cc1ccc([C@@H]2C3=C(Nc4ncnn42)c2ccccc2O[C@@H]3c2ccc(Cl)cc2)cc1. The van der Waals surface area contributed by atoms with Crippen molar-refractivity contribution in [1.82, 2.24) is 14.8 Å². The fraction of sp³-hybridized carbons (Fsp3) is 0.120. The van der Waals surface area contributed by atoms with Gasteiger partial charge in [-0.3, -0.25) is 0 Å². The molecule has 1 aromatic heterocycles. The van der Waals surface area contributed by atoms with E-state index in [9.17, 15) is 0 Å². The van der Waals surface area contributed by atoms with E-state index in [1.807, 2.05) is 47.1 Å². The highest BCUT2D eigenvalue weighted by Gasteiger charge is 2.40. The summed E-state index contributed by atoms with van der Waals surface area (Å²) in [5, 5.41) is 8.78. The van der Waals surface area contributed by atoms with Gasteiger partial charge < -0.3 is 10.1 Å². The Bertz CT molecular complexity index is 1310. The van der Waals surface area contributed by atoms with Crippen molar-refractivity contribution < 1.29 is 4.74 Å². The first-order valence-electron chi connectivity index (χ1n) is 10.2. The third-order valence-electron chi connectivity index (χ3n) is 5.89. The van der Waals surface area contributed by atoms with E-state index in [1.54, 1.807) is 6.33 Å². The Morgan fingerprint density at radius 3 is 2.48 bits per heavy atom. The van der Waals surface area contributed by atoms with Crippen molar-refractivity contribution in [3.63, 3.8) is 0 Å². The lowest BCUT2D eigenvalue weighted by Crippen LogP contribution is -2.32. The van der Waals surface area contributed by atoms with Crippen molar-refractivity contribution in [3.05, 3.63) is 112 Å². The molecule has 0 aliphatic carbocycles. The van der Waals surface area contributed by atoms with Crippen molar-refractivity contribution >= 4 is 23.2 Å². The average molecular weight is 427 g/mol. The number of nitrogens with one attached hydrogen (secondary N) is 1. The quantitative estimate of drug-likeness (QED) is 0.440. The molecule has 2 aliphatic rings. The van der Waals surface area contributed by atoms with Crippen molar-refractivity contribution in [3.8, 4) is 5.75 Å². The summed E-state index contributed by atoms with van der Waals surface area (Å²) in [4.78, 5) is 4.47. The molecule has 6 rings (SSSR count). The van der Waals surface area contributed by atoms with Crippen molar-refractivity contribution in [1.29, 1.82) is 0 Å². The molecular formula is C25H19ClN4O. The summed E-state index contributed by atoms with van der Waals surface area (Å²) >= 11 is 6.17. The van der Waals surface area contributed by atoms with Crippen LogP contribution in [0.15, 0.2) is 84.7 Å². The predicted octanol–water partition coefficient (Wildman–Crippen LogP) is 5.80. The van der Waals surface area contributed by atoms with Gasteiger partial charge in [0, 0.05) is 16.2 Å². The normalized spacial score (nSPS) is 19.0. The molecule has 2 aliphatic heterocycles. The lowest BCUT2D eigenvalue weighted by molar-refractivity contribution is 0.223. The van der Waals surface area contributed by atoms with Gasteiger partial charge in [-0.05, 0) is 42.3 Å². The van der Waals surface area contributed by atoms with Crippen LogP contribution in [0.5, 0.6) is 5.75 Å². The maximum atomic E-state index is 6.59. The van der Waals surface area contributed by atoms with Gasteiger partial charge in [-0.2, -0.15) is 10.1 Å². The van der Waals surface area contributed by atoms with Crippen LogP contribution in [0.4, 0.5) is 5.95 Å². The smallest absolute Gasteiger partial charge is 0.226 e. The number of aryl methyl sites for hydroxylation is 1. The Morgan fingerprint density at radius 1 is 0.935 bits per heavy atom. The molecule has 6 heteroatoms. The fourth-order valence-electron chi connectivity index (χ4n) is 4.40. The molecule has 4 aromatic rings. The average Bonchev–Trinajstić information content (AvgIpc) is 3.27. The van der Waals surface area contributed by atoms with Gasteiger partial charge in [0.2, 0.25) is 5.95 Å². The molecular weight excluding hydrogens is 408 g/mol. The van der Waals surface area contributed by atoms with Crippen molar-refractivity contribution in [2.24, 2.45) is 0 Å². The number of hydrogen-bond donors (Lipinski definition) is 1. The molecule has 31 heavy (non-hydrogen) atoms. The Labute approximate surface area is 185 Å². The number of halogens is 1. The third-order valence-corrected chi connectivity index (χ3v) is 6.14. The molecule has 0 saturated carbocycles. The number of hydrogen-bond acceptors (Lipinski definition) is 4. The molecule has 3 aromatic carbocycles. The van der Waals surface area contributed by atoms with Crippen LogP contribution in [0.1, 0.15) is 34.4 Å². The number of ether oxygens (including phenoxy) is 1. The van der Waals surface area contributed by atoms with Crippen molar-refractivity contribution in [2.45, 2.75) is 19.1 Å². The number of nitrogens with zero attached hydrogens (tertiary/aromatic N) is 3. The molecule has 5 nitrogen and oxygen atoms in total. The minimum absolute atomic E-state index is 0.150. The van der Waals surface area contributed by atoms with Crippen molar-refractivity contribution in [2.75, 3.05) is 5.32 Å². The van der Waals surface area contributed by atoms with Gasteiger partial charge in [0.25, 0.3) is 0 Å². The van der Waals surface area contributed by atoms with Gasteiger partial charge in [-0.25, -0.2) is 4.68 Å². The largest absolute Gasteiger partial charge is 0.480 e. The zero-order valence-corrected chi connectivity index (χ0v) is 17.5. The molecule has 0 fully saturated rings. The Balaban J connectivity index is 1.62. The standard InChI is InChI=1S/C25H19ClN4O/c1-15-6-8-16(9-7-15)23-21-22(29-25-27-14-28-30(23)25)19-4-2-3-5-20(19)31-24(21)17-10-12-18(26)13-11-17/h2-14,23-24H,1H3,(H,27,28,29)/t23-,24-/m1/s1. The topological polar surface area (TPSA) is 52.0 Å². The second-order valence-electron chi connectivity index (χ2n) is 7.84. The van der Waals surface area contributed by atoms with Crippen LogP contribution in [0.25, 0.3) is 5.70 Å². The highest BCUT2D eigenvalue weighted by molar-refractivity contribution is 6.30. The highest BCUT2D eigenvalue weighted by atomic mass is 35.5. The van der Waals surface area contributed by atoms with E-state index in [1.165, 1.54) is 5.56 Å². The van der Waals surface area contributed by atoms with Crippen LogP contribution >= 0.6 is 11.6 Å². The summed E-state index contributed by atoms with van der Waals surface area (Å²) < 4.78 is 8.53. The maximum Gasteiger partial charge on any atom is 0.226 e. The summed E-state index contributed by atoms with van der Waals surface area (Å²) in [7, 11) is 0. The summed E-state index contributed by atoms with van der Waals surface area (Å²) in [6, 6.07) is 24.4. The zero-order valence-electron chi connectivity index (χ0n) is 16.8. The van der Waals surface area contributed by atoms with Crippen LogP contribution < -0.4 is 10.1 Å². The van der Waals surface area contributed by atoms with Crippen LogP contribution in [-0.2, 0) is 0 Å². The maximum absolute atomic E-state index is 6.59. The lowest BCUT2D eigenvalue weighted by atomic mass is 9.84. The molecule has 3 heterocycles. The number of aromatic nitrogens is 3. The van der Waals surface area contributed by atoms with Gasteiger partial charge in [0.15, 0.2) is 0 Å². The molecule has 0 spiro atoms. The predicted molar refractivity (Wildman–Crippen MR) is 121 cm³/mol. The molecule has 1 N–H and O–H groups in total. The first-order valence-corrected chi connectivity index (χ1v) is 10.6. The van der Waals surface area contributed by atoms with E-state index in [0.717, 1.165) is 39.7 Å². The fourth-order valence-corrected chi connectivity index (χ4v) is 4.53. The van der Waals surface area contributed by atoms with E-state index in [-0.39, 0.29) is 12.1 Å². The van der Waals surface area contributed by atoms with E-state index in [2.05, 4.69) is 52.7 Å². The molecule has 152 valence electrons. The molecule has 0 amide bonds. The van der Waals surface area contributed by atoms with Gasteiger partial charge in [-0.15, -0.1) is 0 Å². The van der Waals surface area contributed by atoms with Gasteiger partial charge in [0.05, 0.1) is 5.70 Å². The first-order chi connectivity index (χ1) is 15.2. The summed E-state index contributed by atoms with van der Waals surface area (Å²) in [6.45, 7) is 2.09. The van der Waals surface area contributed by atoms with E-state index >= 15 is 0 Å². The van der Waals surface area contributed by atoms with Gasteiger partial charge >= 0.3 is 0 Å². The van der Waals surface area contributed by atoms with E-state index in [0.29, 0.717) is 5.02 Å². The molecule has 0 bridgehead atoms. The summed E-state index contributed by atoms with van der Waals surface area (Å²) in [5.41, 5.74) is 6.53. The zero-order chi connectivity index (χ0) is 20.9. The number of fused-ring (bicyclic) bond motifs is 3. The second-order valence-corrected chi connectivity index (χ2v) is 8.28. The van der Waals surface area contributed by atoms with Crippen LogP contribution in [-0.4, -0.2) is 14.8 Å². The van der Waals surface area contributed by atoms with Gasteiger partial charge in [-0.1, -0.05) is 65.7 Å². The minimum atomic E-state index is -0.293. The molecule has 2 atom stereocenters. The molecule has 0 radical (unpaired) electrons.